The molecule has 0 nitrogen and oxygen atoms in total. The summed E-state index contributed by atoms with van der Waals surface area (Å²) in [6.45, 7) is 10.0. The maximum absolute atomic E-state index is 3.91. The van der Waals surface area contributed by atoms with Crippen LogP contribution in [0.4, 0.5) is 0 Å². The first kappa shape index (κ1) is 16.8. The van der Waals surface area contributed by atoms with Crippen molar-refractivity contribution in [1.82, 2.24) is 0 Å². The van der Waals surface area contributed by atoms with Gasteiger partial charge in [-0.1, -0.05) is 95.4 Å². The van der Waals surface area contributed by atoms with E-state index in [1.807, 2.05) is 12.2 Å². The van der Waals surface area contributed by atoms with Gasteiger partial charge in [0, 0.05) is 0 Å². The fraction of sp³-hybridized carbons (Fsp3) is 0.500. The van der Waals surface area contributed by atoms with E-state index in [9.17, 15) is 0 Å². The van der Waals surface area contributed by atoms with Crippen molar-refractivity contribution in [2.45, 2.75) is 64.7 Å². The minimum Gasteiger partial charge on any atom is -0.0985 e. The SMILES string of the molecule is C=Cc1ccc(C=C)c(CCCCCCCCCC)c1. The van der Waals surface area contributed by atoms with Crippen molar-refractivity contribution in [3.05, 3.63) is 48.0 Å². The van der Waals surface area contributed by atoms with Gasteiger partial charge >= 0.3 is 0 Å². The average molecular weight is 270 g/mol. The molecular weight excluding hydrogens is 240 g/mol. The van der Waals surface area contributed by atoms with E-state index < -0.39 is 0 Å². The van der Waals surface area contributed by atoms with Gasteiger partial charge in [0.25, 0.3) is 0 Å². The Labute approximate surface area is 125 Å². The maximum atomic E-state index is 3.91. The summed E-state index contributed by atoms with van der Waals surface area (Å²) in [4.78, 5) is 0. The van der Waals surface area contributed by atoms with E-state index in [0.717, 1.165) is 6.42 Å². The first-order chi connectivity index (χ1) is 9.81. The van der Waals surface area contributed by atoms with Crippen LogP contribution < -0.4 is 0 Å². The lowest BCUT2D eigenvalue weighted by Gasteiger charge is -2.08. The Kier molecular flexibility index (Phi) is 8.78. The fourth-order valence-electron chi connectivity index (χ4n) is 2.62. The molecule has 0 aromatic heterocycles. The molecule has 0 aliphatic rings. The molecule has 0 N–H and O–H groups in total. The van der Waals surface area contributed by atoms with E-state index in [-0.39, 0.29) is 0 Å². The molecule has 0 aliphatic carbocycles. The molecule has 0 heteroatoms. The van der Waals surface area contributed by atoms with E-state index in [1.165, 1.54) is 68.1 Å². The van der Waals surface area contributed by atoms with E-state index in [0.29, 0.717) is 0 Å². The third-order valence-electron chi connectivity index (χ3n) is 3.92. The monoisotopic (exact) mass is 270 g/mol. The lowest BCUT2D eigenvalue weighted by Crippen LogP contribution is -1.91. The molecule has 0 amide bonds. The highest BCUT2D eigenvalue weighted by Gasteiger charge is 2.00. The van der Waals surface area contributed by atoms with Crippen LogP contribution in [0, 0.1) is 0 Å². The van der Waals surface area contributed by atoms with Gasteiger partial charge in [0.1, 0.15) is 0 Å². The van der Waals surface area contributed by atoms with Gasteiger partial charge in [0.2, 0.25) is 0 Å². The molecule has 0 fully saturated rings. The van der Waals surface area contributed by atoms with Crippen LogP contribution in [0.5, 0.6) is 0 Å². The van der Waals surface area contributed by atoms with Crippen molar-refractivity contribution in [3.63, 3.8) is 0 Å². The van der Waals surface area contributed by atoms with Crippen LogP contribution in [0.2, 0.25) is 0 Å². The summed E-state index contributed by atoms with van der Waals surface area (Å²) in [5, 5.41) is 0. The summed E-state index contributed by atoms with van der Waals surface area (Å²) in [6.07, 6.45) is 16.0. The smallest absolute Gasteiger partial charge is 0.0230 e. The summed E-state index contributed by atoms with van der Waals surface area (Å²) in [7, 11) is 0. The Morgan fingerprint density at radius 2 is 1.50 bits per heavy atom. The first-order valence-electron chi connectivity index (χ1n) is 8.19. The van der Waals surface area contributed by atoms with Gasteiger partial charge in [-0.15, -0.1) is 0 Å². The molecular formula is C20H30. The quantitative estimate of drug-likeness (QED) is 0.395. The summed E-state index contributed by atoms with van der Waals surface area (Å²) in [6, 6.07) is 6.52. The normalized spacial score (nSPS) is 10.4. The average Bonchev–Trinajstić information content (AvgIpc) is 2.49. The van der Waals surface area contributed by atoms with Crippen LogP contribution in [0.15, 0.2) is 31.4 Å². The molecule has 0 bridgehead atoms. The molecule has 1 rings (SSSR count). The van der Waals surface area contributed by atoms with Gasteiger partial charge in [-0.25, -0.2) is 0 Å². The zero-order valence-electron chi connectivity index (χ0n) is 13.2. The Morgan fingerprint density at radius 3 is 2.10 bits per heavy atom. The van der Waals surface area contributed by atoms with E-state index in [1.54, 1.807) is 0 Å². The Morgan fingerprint density at radius 1 is 0.850 bits per heavy atom. The van der Waals surface area contributed by atoms with Crippen molar-refractivity contribution in [1.29, 1.82) is 0 Å². The summed E-state index contributed by atoms with van der Waals surface area (Å²) < 4.78 is 0. The molecule has 110 valence electrons. The molecule has 0 atom stereocenters. The van der Waals surface area contributed by atoms with E-state index in [2.05, 4.69) is 38.3 Å². The number of aryl methyl sites for hydroxylation is 1. The van der Waals surface area contributed by atoms with Crippen LogP contribution in [-0.4, -0.2) is 0 Å². The second-order valence-electron chi connectivity index (χ2n) is 5.59. The second-order valence-corrected chi connectivity index (χ2v) is 5.59. The molecule has 0 spiro atoms. The third kappa shape index (κ3) is 6.23. The van der Waals surface area contributed by atoms with E-state index >= 15 is 0 Å². The van der Waals surface area contributed by atoms with Gasteiger partial charge in [-0.05, 0) is 29.5 Å². The predicted molar refractivity (Wildman–Crippen MR) is 92.9 cm³/mol. The van der Waals surface area contributed by atoms with Crippen LogP contribution in [-0.2, 0) is 6.42 Å². The number of rotatable bonds is 11. The van der Waals surface area contributed by atoms with Gasteiger partial charge < -0.3 is 0 Å². The molecule has 0 saturated heterocycles. The Balaban J connectivity index is 2.27. The van der Waals surface area contributed by atoms with Crippen molar-refractivity contribution >= 4 is 12.2 Å². The summed E-state index contributed by atoms with van der Waals surface area (Å²) in [5.41, 5.74) is 3.91. The second kappa shape index (κ2) is 10.5. The number of unbranched alkanes of at least 4 members (excludes halogenated alkanes) is 7. The number of hydrogen-bond acceptors (Lipinski definition) is 0. The minimum atomic E-state index is 1.16. The van der Waals surface area contributed by atoms with Crippen molar-refractivity contribution in [3.8, 4) is 0 Å². The zero-order chi connectivity index (χ0) is 14.6. The lowest BCUT2D eigenvalue weighted by molar-refractivity contribution is 0.575. The van der Waals surface area contributed by atoms with Crippen molar-refractivity contribution < 1.29 is 0 Å². The van der Waals surface area contributed by atoms with E-state index in [4.69, 9.17) is 0 Å². The summed E-state index contributed by atoms with van der Waals surface area (Å²) in [5.74, 6) is 0. The number of benzene rings is 1. The standard InChI is InChI=1S/C20H30/c1-4-7-8-9-10-11-12-13-14-20-17-18(5-2)15-16-19(20)6-3/h5-6,15-17H,2-4,7-14H2,1H3. The van der Waals surface area contributed by atoms with Crippen LogP contribution in [0.1, 0.15) is 75.0 Å². The molecule has 0 aliphatic heterocycles. The molecule has 0 heterocycles. The third-order valence-corrected chi connectivity index (χ3v) is 3.92. The Hall–Kier alpha value is -1.30. The highest BCUT2D eigenvalue weighted by Crippen LogP contribution is 2.18. The van der Waals surface area contributed by atoms with Gasteiger partial charge in [0.15, 0.2) is 0 Å². The molecule has 20 heavy (non-hydrogen) atoms. The highest BCUT2D eigenvalue weighted by atomic mass is 14.1. The maximum Gasteiger partial charge on any atom is -0.0230 e. The molecule has 0 unspecified atom stereocenters. The van der Waals surface area contributed by atoms with Gasteiger partial charge in [-0.3, -0.25) is 0 Å². The highest BCUT2D eigenvalue weighted by molar-refractivity contribution is 5.58. The molecule has 1 aromatic rings. The molecule has 1 aromatic carbocycles. The van der Waals surface area contributed by atoms with Gasteiger partial charge in [-0.2, -0.15) is 0 Å². The summed E-state index contributed by atoms with van der Waals surface area (Å²) >= 11 is 0. The zero-order valence-corrected chi connectivity index (χ0v) is 13.2. The minimum absolute atomic E-state index is 1.16. The topological polar surface area (TPSA) is 0 Å². The van der Waals surface area contributed by atoms with Gasteiger partial charge in [0.05, 0.1) is 0 Å². The predicted octanol–water partition coefficient (Wildman–Crippen LogP) is 6.66. The lowest BCUT2D eigenvalue weighted by atomic mass is 9.98. The Bertz CT molecular complexity index is 400. The van der Waals surface area contributed by atoms with Crippen LogP contribution in [0.25, 0.3) is 12.2 Å². The van der Waals surface area contributed by atoms with Crippen LogP contribution in [0.3, 0.4) is 0 Å². The molecule has 0 saturated carbocycles. The largest absolute Gasteiger partial charge is 0.0985 e. The van der Waals surface area contributed by atoms with Crippen LogP contribution >= 0.6 is 0 Å². The molecule has 0 radical (unpaired) electrons. The number of hydrogen-bond donors (Lipinski definition) is 0. The first-order valence-corrected chi connectivity index (χ1v) is 8.19. The fourth-order valence-corrected chi connectivity index (χ4v) is 2.62. The van der Waals surface area contributed by atoms with Crippen molar-refractivity contribution in [2.75, 3.05) is 0 Å². The van der Waals surface area contributed by atoms with Crippen molar-refractivity contribution in [2.24, 2.45) is 0 Å².